The summed E-state index contributed by atoms with van der Waals surface area (Å²) < 4.78 is 0. The number of halogens is 1. The lowest BCUT2D eigenvalue weighted by Gasteiger charge is -2.31. The second kappa shape index (κ2) is 8.97. The van der Waals surface area contributed by atoms with Crippen molar-refractivity contribution in [1.82, 2.24) is 15.2 Å². The average molecular weight is 358 g/mol. The van der Waals surface area contributed by atoms with Crippen molar-refractivity contribution < 1.29 is 4.79 Å². The van der Waals surface area contributed by atoms with Gasteiger partial charge in [-0.25, -0.2) is 0 Å². The summed E-state index contributed by atoms with van der Waals surface area (Å²) in [5.74, 6) is 0.661. The second-order valence-electron chi connectivity index (χ2n) is 6.60. The molecule has 0 atom stereocenters. The lowest BCUT2D eigenvalue weighted by Crippen LogP contribution is -2.39. The van der Waals surface area contributed by atoms with Crippen molar-refractivity contribution in [2.75, 3.05) is 26.2 Å². The Bertz CT molecular complexity index is 733. The van der Waals surface area contributed by atoms with E-state index in [0.29, 0.717) is 12.3 Å². The SMILES string of the molecule is O=C(Cc1cccc2cnccc12)NCC1CCN(C/C=C/Cl)CC1. The molecule has 0 unspecified atom stereocenters. The molecule has 1 aromatic carbocycles. The first-order valence-electron chi connectivity index (χ1n) is 8.82. The van der Waals surface area contributed by atoms with Crippen LogP contribution in [0.4, 0.5) is 0 Å². The molecule has 3 rings (SSSR count). The number of hydrogen-bond acceptors (Lipinski definition) is 3. The van der Waals surface area contributed by atoms with Gasteiger partial charge in [-0.15, -0.1) is 0 Å². The maximum atomic E-state index is 12.3. The van der Waals surface area contributed by atoms with Crippen LogP contribution in [0.2, 0.25) is 0 Å². The molecule has 1 aliphatic heterocycles. The first kappa shape index (κ1) is 17.9. The van der Waals surface area contributed by atoms with E-state index in [9.17, 15) is 4.79 Å². The molecule has 0 saturated carbocycles. The van der Waals surface area contributed by atoms with Crippen LogP contribution in [0.25, 0.3) is 10.8 Å². The normalized spacial score (nSPS) is 16.5. The topological polar surface area (TPSA) is 45.2 Å². The van der Waals surface area contributed by atoms with Gasteiger partial charge in [-0.1, -0.05) is 35.9 Å². The molecule has 0 bridgehead atoms. The predicted octanol–water partition coefficient (Wildman–Crippen LogP) is 3.36. The zero-order valence-electron chi connectivity index (χ0n) is 14.3. The van der Waals surface area contributed by atoms with Gasteiger partial charge in [-0.2, -0.15) is 0 Å². The zero-order valence-corrected chi connectivity index (χ0v) is 15.1. The van der Waals surface area contributed by atoms with Gasteiger partial charge in [0.15, 0.2) is 0 Å². The van der Waals surface area contributed by atoms with Crippen molar-refractivity contribution in [2.45, 2.75) is 19.3 Å². The molecule has 132 valence electrons. The smallest absolute Gasteiger partial charge is 0.224 e. The molecule has 2 aromatic rings. The summed E-state index contributed by atoms with van der Waals surface area (Å²) in [5, 5.41) is 5.30. The summed E-state index contributed by atoms with van der Waals surface area (Å²) in [5.41, 5.74) is 2.63. The fraction of sp³-hybridized carbons (Fsp3) is 0.400. The molecule has 1 fully saturated rings. The molecule has 5 heteroatoms. The van der Waals surface area contributed by atoms with Crippen molar-refractivity contribution in [3.63, 3.8) is 0 Å². The number of aromatic nitrogens is 1. The predicted molar refractivity (Wildman–Crippen MR) is 103 cm³/mol. The Labute approximate surface area is 153 Å². The van der Waals surface area contributed by atoms with Crippen molar-refractivity contribution in [3.05, 3.63) is 53.8 Å². The minimum atomic E-state index is 0.0943. The fourth-order valence-corrected chi connectivity index (χ4v) is 3.48. The van der Waals surface area contributed by atoms with Crippen LogP contribution in [-0.2, 0) is 11.2 Å². The van der Waals surface area contributed by atoms with E-state index in [1.165, 1.54) is 0 Å². The minimum absolute atomic E-state index is 0.0943. The van der Waals surface area contributed by atoms with E-state index in [1.807, 2.05) is 36.5 Å². The third-order valence-corrected chi connectivity index (χ3v) is 5.05. The second-order valence-corrected chi connectivity index (χ2v) is 6.85. The van der Waals surface area contributed by atoms with Gasteiger partial charge < -0.3 is 5.32 Å². The average Bonchev–Trinajstić information content (AvgIpc) is 2.66. The number of pyridine rings is 1. The first-order valence-corrected chi connectivity index (χ1v) is 9.26. The maximum absolute atomic E-state index is 12.3. The summed E-state index contributed by atoms with van der Waals surface area (Å²) in [4.78, 5) is 18.9. The lowest BCUT2D eigenvalue weighted by molar-refractivity contribution is -0.120. The molecule has 1 amide bonds. The quantitative estimate of drug-likeness (QED) is 0.862. The number of hydrogen-bond donors (Lipinski definition) is 1. The van der Waals surface area contributed by atoms with Crippen LogP contribution in [-0.4, -0.2) is 42.0 Å². The molecule has 1 aromatic heterocycles. The van der Waals surface area contributed by atoms with E-state index < -0.39 is 0 Å². The summed E-state index contributed by atoms with van der Waals surface area (Å²) in [7, 11) is 0. The third kappa shape index (κ3) is 5.03. The number of likely N-dealkylation sites (tertiary alicyclic amines) is 1. The zero-order chi connectivity index (χ0) is 17.5. The van der Waals surface area contributed by atoms with Crippen molar-refractivity contribution in [1.29, 1.82) is 0 Å². The van der Waals surface area contributed by atoms with Crippen molar-refractivity contribution >= 4 is 28.3 Å². The van der Waals surface area contributed by atoms with Gasteiger partial charge in [-0.05, 0) is 48.9 Å². The molecule has 4 nitrogen and oxygen atoms in total. The number of benzene rings is 1. The van der Waals surface area contributed by atoms with Crippen LogP contribution < -0.4 is 5.32 Å². The highest BCUT2D eigenvalue weighted by Crippen LogP contribution is 2.19. The molecule has 2 heterocycles. The van der Waals surface area contributed by atoms with Gasteiger partial charge in [0.05, 0.1) is 6.42 Å². The molecular formula is C20H24ClN3O. The number of nitrogens with one attached hydrogen (secondary N) is 1. The van der Waals surface area contributed by atoms with Crippen LogP contribution >= 0.6 is 11.6 Å². The summed E-state index contributed by atoms with van der Waals surface area (Å²) in [6.07, 6.45) is 8.25. The van der Waals surface area contributed by atoms with Crippen LogP contribution in [0.1, 0.15) is 18.4 Å². The Morgan fingerprint density at radius 2 is 2.16 bits per heavy atom. The molecule has 1 aliphatic rings. The number of carbonyl (C=O) groups excluding carboxylic acids is 1. The van der Waals surface area contributed by atoms with Gasteiger partial charge in [0.25, 0.3) is 0 Å². The summed E-state index contributed by atoms with van der Waals surface area (Å²) in [6, 6.07) is 8.00. The molecule has 25 heavy (non-hydrogen) atoms. The van der Waals surface area contributed by atoms with E-state index in [-0.39, 0.29) is 5.91 Å². The highest BCUT2D eigenvalue weighted by atomic mass is 35.5. The Kier molecular flexibility index (Phi) is 6.42. The lowest BCUT2D eigenvalue weighted by atomic mass is 9.96. The van der Waals surface area contributed by atoms with Gasteiger partial charge in [0, 0.05) is 36.4 Å². The number of piperidine rings is 1. The highest BCUT2D eigenvalue weighted by Gasteiger charge is 2.19. The standard InChI is InChI=1S/C20H24ClN3O/c21-8-2-10-24-11-6-16(7-12-24)14-23-20(25)13-17-3-1-4-18-15-22-9-5-19(17)18/h1-5,8-9,15-16H,6-7,10-14H2,(H,23,25)/b8-2+. The van der Waals surface area contributed by atoms with Gasteiger partial charge in [0.1, 0.15) is 0 Å². The highest BCUT2D eigenvalue weighted by molar-refractivity contribution is 6.25. The van der Waals surface area contributed by atoms with Crippen LogP contribution in [0, 0.1) is 5.92 Å². The summed E-state index contributed by atoms with van der Waals surface area (Å²) in [6.45, 7) is 3.82. The van der Waals surface area contributed by atoms with Crippen molar-refractivity contribution in [3.8, 4) is 0 Å². The number of fused-ring (bicyclic) bond motifs is 1. The maximum Gasteiger partial charge on any atom is 0.224 e. The number of nitrogens with zero attached hydrogens (tertiary/aromatic N) is 2. The van der Waals surface area contributed by atoms with E-state index in [1.54, 1.807) is 11.7 Å². The van der Waals surface area contributed by atoms with Crippen LogP contribution in [0.15, 0.2) is 48.3 Å². The molecule has 1 N–H and O–H groups in total. The van der Waals surface area contributed by atoms with E-state index in [4.69, 9.17) is 11.6 Å². The first-order chi connectivity index (χ1) is 12.3. The fourth-order valence-electron chi connectivity index (χ4n) is 3.40. The largest absolute Gasteiger partial charge is 0.356 e. The Morgan fingerprint density at radius 1 is 1.32 bits per heavy atom. The molecule has 1 saturated heterocycles. The van der Waals surface area contributed by atoms with Gasteiger partial charge in [-0.3, -0.25) is 14.7 Å². The number of rotatable bonds is 6. The Morgan fingerprint density at radius 3 is 2.96 bits per heavy atom. The molecule has 0 spiro atoms. The van der Waals surface area contributed by atoms with Gasteiger partial charge in [0.2, 0.25) is 5.91 Å². The molecule has 0 aliphatic carbocycles. The number of amides is 1. The van der Waals surface area contributed by atoms with Crippen molar-refractivity contribution in [2.24, 2.45) is 5.92 Å². The number of carbonyl (C=O) groups is 1. The van der Waals surface area contributed by atoms with Crippen LogP contribution in [0.5, 0.6) is 0 Å². The minimum Gasteiger partial charge on any atom is -0.356 e. The van der Waals surface area contributed by atoms with E-state index in [0.717, 1.165) is 55.4 Å². The molecular weight excluding hydrogens is 334 g/mol. The molecule has 0 radical (unpaired) electrons. The van der Waals surface area contributed by atoms with Gasteiger partial charge >= 0.3 is 0 Å². The van der Waals surface area contributed by atoms with E-state index >= 15 is 0 Å². The van der Waals surface area contributed by atoms with Crippen LogP contribution in [0.3, 0.4) is 0 Å². The monoisotopic (exact) mass is 357 g/mol. The summed E-state index contributed by atoms with van der Waals surface area (Å²) >= 11 is 5.58. The third-order valence-electron chi connectivity index (χ3n) is 4.87. The Balaban J connectivity index is 1.47. The van der Waals surface area contributed by atoms with E-state index in [2.05, 4.69) is 15.2 Å². The Hall–Kier alpha value is -1.91.